The molecule has 5 heteroatoms. The minimum Gasteiger partial charge on any atom is -0.481 e. The second-order valence-corrected chi connectivity index (χ2v) is 4.52. The fourth-order valence-corrected chi connectivity index (χ4v) is 2.43. The summed E-state index contributed by atoms with van der Waals surface area (Å²) in [5.74, 6) is 0.00702. The molecule has 0 spiro atoms. The van der Waals surface area contributed by atoms with E-state index in [-0.39, 0.29) is 6.42 Å². The van der Waals surface area contributed by atoms with Crippen molar-refractivity contribution in [2.24, 2.45) is 7.05 Å². The van der Waals surface area contributed by atoms with Gasteiger partial charge in [0.2, 0.25) is 0 Å². The fraction of sp³-hybridized carbons (Fsp3) is 0.273. The maximum atomic E-state index is 10.7. The Morgan fingerprint density at radius 2 is 2.38 bits per heavy atom. The molecule has 0 bridgehead atoms. The lowest BCUT2D eigenvalue weighted by Gasteiger charge is -2.02. The Labute approximate surface area is 97.2 Å². The van der Waals surface area contributed by atoms with Gasteiger partial charge in [-0.2, -0.15) is 0 Å². The van der Waals surface area contributed by atoms with E-state index < -0.39 is 5.97 Å². The molecular formula is C11H12N2O2S. The summed E-state index contributed by atoms with van der Waals surface area (Å²) in [5.41, 5.74) is 1.55. The van der Waals surface area contributed by atoms with Crippen LogP contribution in [0.1, 0.15) is 11.4 Å². The lowest BCUT2D eigenvalue weighted by Crippen LogP contribution is -2.06. The van der Waals surface area contributed by atoms with Gasteiger partial charge in [-0.3, -0.25) is 4.79 Å². The predicted molar refractivity (Wildman–Crippen MR) is 62.6 cm³/mol. The van der Waals surface area contributed by atoms with Crippen LogP contribution in [0.3, 0.4) is 0 Å². The lowest BCUT2D eigenvalue weighted by atomic mass is 10.2. The van der Waals surface area contributed by atoms with Crippen LogP contribution in [0.2, 0.25) is 0 Å². The Hall–Kier alpha value is -1.62. The van der Waals surface area contributed by atoms with Gasteiger partial charge in [-0.1, -0.05) is 6.07 Å². The Balaban J connectivity index is 2.46. The first-order valence-electron chi connectivity index (χ1n) is 4.87. The summed E-state index contributed by atoms with van der Waals surface area (Å²) in [7, 11) is 1.85. The standard InChI is InChI=1S/C11H12N2O2S/c1-7-8(6-10(14)15)13(2)11(12-7)9-4-3-5-16-9/h3-5H,6H2,1-2H3,(H,14,15). The Kier molecular flexibility index (Phi) is 2.78. The molecule has 84 valence electrons. The van der Waals surface area contributed by atoms with Crippen molar-refractivity contribution >= 4 is 17.3 Å². The molecule has 0 aromatic carbocycles. The number of hydrogen-bond acceptors (Lipinski definition) is 3. The number of hydrogen-bond donors (Lipinski definition) is 1. The topological polar surface area (TPSA) is 55.1 Å². The van der Waals surface area contributed by atoms with Crippen LogP contribution >= 0.6 is 11.3 Å². The number of aliphatic carboxylic acids is 1. The Morgan fingerprint density at radius 1 is 1.62 bits per heavy atom. The van der Waals surface area contributed by atoms with Gasteiger partial charge in [0.25, 0.3) is 0 Å². The van der Waals surface area contributed by atoms with Gasteiger partial charge in [-0.25, -0.2) is 4.98 Å². The van der Waals surface area contributed by atoms with Crippen molar-refractivity contribution < 1.29 is 9.90 Å². The van der Waals surface area contributed by atoms with Gasteiger partial charge in [0.1, 0.15) is 5.82 Å². The van der Waals surface area contributed by atoms with E-state index in [1.54, 1.807) is 11.3 Å². The second-order valence-electron chi connectivity index (χ2n) is 3.57. The van der Waals surface area contributed by atoms with E-state index in [2.05, 4.69) is 4.98 Å². The minimum absolute atomic E-state index is 0.0146. The minimum atomic E-state index is -0.830. The van der Waals surface area contributed by atoms with Gasteiger partial charge in [-0.15, -0.1) is 11.3 Å². The molecule has 4 nitrogen and oxygen atoms in total. The molecule has 2 heterocycles. The molecule has 2 rings (SSSR count). The number of aromatic nitrogens is 2. The molecule has 0 radical (unpaired) electrons. The molecule has 0 aliphatic carbocycles. The number of carbonyl (C=O) groups is 1. The molecule has 0 saturated heterocycles. The number of thiophene rings is 1. The average Bonchev–Trinajstić information content (AvgIpc) is 2.80. The van der Waals surface area contributed by atoms with Gasteiger partial charge < -0.3 is 9.67 Å². The number of imidazole rings is 1. The molecule has 0 unspecified atom stereocenters. The smallest absolute Gasteiger partial charge is 0.309 e. The highest BCUT2D eigenvalue weighted by Crippen LogP contribution is 2.25. The molecule has 0 aliphatic rings. The van der Waals surface area contributed by atoms with Crippen LogP contribution in [0.25, 0.3) is 10.7 Å². The van der Waals surface area contributed by atoms with Crippen molar-refractivity contribution in [3.63, 3.8) is 0 Å². The third kappa shape index (κ3) is 1.86. The number of aryl methyl sites for hydroxylation is 1. The highest BCUT2D eigenvalue weighted by atomic mass is 32.1. The average molecular weight is 236 g/mol. The lowest BCUT2D eigenvalue weighted by molar-refractivity contribution is -0.136. The zero-order valence-corrected chi connectivity index (χ0v) is 9.91. The predicted octanol–water partition coefficient (Wildman–Crippen LogP) is 2.08. The molecule has 0 amide bonds. The zero-order valence-electron chi connectivity index (χ0n) is 9.10. The summed E-state index contributed by atoms with van der Waals surface area (Å²) >= 11 is 1.60. The van der Waals surface area contributed by atoms with Gasteiger partial charge in [0.05, 0.1) is 22.7 Å². The van der Waals surface area contributed by atoms with Crippen molar-refractivity contribution in [1.29, 1.82) is 0 Å². The highest BCUT2D eigenvalue weighted by molar-refractivity contribution is 7.13. The van der Waals surface area contributed by atoms with Crippen LogP contribution < -0.4 is 0 Å². The second kappa shape index (κ2) is 4.09. The molecule has 0 fully saturated rings. The summed E-state index contributed by atoms with van der Waals surface area (Å²) in [6.07, 6.45) is 0.0146. The van der Waals surface area contributed by atoms with E-state index in [1.165, 1.54) is 0 Å². The van der Waals surface area contributed by atoms with Gasteiger partial charge in [-0.05, 0) is 18.4 Å². The molecule has 0 aliphatic heterocycles. The van der Waals surface area contributed by atoms with E-state index >= 15 is 0 Å². The van der Waals surface area contributed by atoms with Crippen molar-refractivity contribution in [2.45, 2.75) is 13.3 Å². The number of nitrogens with zero attached hydrogens (tertiary/aromatic N) is 2. The maximum Gasteiger partial charge on any atom is 0.309 e. The van der Waals surface area contributed by atoms with Crippen LogP contribution in [0.4, 0.5) is 0 Å². The van der Waals surface area contributed by atoms with Crippen molar-refractivity contribution in [1.82, 2.24) is 9.55 Å². The Bertz CT molecular complexity index is 514. The normalized spacial score (nSPS) is 10.6. The first-order valence-corrected chi connectivity index (χ1v) is 5.75. The SMILES string of the molecule is Cc1nc(-c2cccs2)n(C)c1CC(=O)O. The van der Waals surface area contributed by atoms with Crippen LogP contribution in [-0.2, 0) is 18.3 Å². The Morgan fingerprint density at radius 3 is 2.94 bits per heavy atom. The summed E-state index contributed by atoms with van der Waals surface area (Å²) in [4.78, 5) is 16.2. The maximum absolute atomic E-state index is 10.7. The molecule has 2 aromatic heterocycles. The number of carboxylic acids is 1. The van der Waals surface area contributed by atoms with E-state index in [9.17, 15) is 4.79 Å². The van der Waals surface area contributed by atoms with Crippen molar-refractivity contribution in [3.05, 3.63) is 28.9 Å². The molecule has 2 aromatic rings. The quantitative estimate of drug-likeness (QED) is 0.887. The fourth-order valence-electron chi connectivity index (χ4n) is 1.68. The van der Waals surface area contributed by atoms with E-state index in [0.29, 0.717) is 0 Å². The summed E-state index contributed by atoms with van der Waals surface area (Å²) in [5, 5.41) is 10.8. The number of carboxylic acid groups (broad SMARTS) is 1. The van der Waals surface area contributed by atoms with Crippen molar-refractivity contribution in [2.75, 3.05) is 0 Å². The van der Waals surface area contributed by atoms with E-state index in [4.69, 9.17) is 5.11 Å². The third-order valence-electron chi connectivity index (χ3n) is 2.47. The van der Waals surface area contributed by atoms with Crippen LogP contribution in [0.15, 0.2) is 17.5 Å². The van der Waals surface area contributed by atoms with Crippen LogP contribution in [0.5, 0.6) is 0 Å². The van der Waals surface area contributed by atoms with Crippen LogP contribution in [0, 0.1) is 6.92 Å². The largest absolute Gasteiger partial charge is 0.481 e. The van der Waals surface area contributed by atoms with Crippen molar-refractivity contribution in [3.8, 4) is 10.7 Å². The molecule has 0 atom stereocenters. The highest BCUT2D eigenvalue weighted by Gasteiger charge is 2.15. The molecule has 16 heavy (non-hydrogen) atoms. The summed E-state index contributed by atoms with van der Waals surface area (Å²) in [6.45, 7) is 1.84. The summed E-state index contributed by atoms with van der Waals surface area (Å²) < 4.78 is 1.86. The zero-order chi connectivity index (χ0) is 11.7. The number of rotatable bonds is 3. The molecular weight excluding hydrogens is 224 g/mol. The third-order valence-corrected chi connectivity index (χ3v) is 3.34. The monoisotopic (exact) mass is 236 g/mol. The summed E-state index contributed by atoms with van der Waals surface area (Å²) in [6, 6.07) is 3.94. The molecule has 0 saturated carbocycles. The molecule has 1 N–H and O–H groups in total. The van der Waals surface area contributed by atoms with Gasteiger partial charge >= 0.3 is 5.97 Å². The van der Waals surface area contributed by atoms with Gasteiger partial charge in [0, 0.05) is 7.05 Å². The first kappa shape index (κ1) is 10.9. The van der Waals surface area contributed by atoms with Gasteiger partial charge in [0.15, 0.2) is 0 Å². The van der Waals surface area contributed by atoms with E-state index in [0.717, 1.165) is 22.1 Å². The first-order chi connectivity index (χ1) is 7.59. The van der Waals surface area contributed by atoms with E-state index in [1.807, 2.05) is 36.1 Å². The van der Waals surface area contributed by atoms with Crippen LogP contribution in [-0.4, -0.2) is 20.6 Å².